The molecule has 2 fully saturated rings. The summed E-state index contributed by atoms with van der Waals surface area (Å²) in [5, 5.41) is 4.14. The summed E-state index contributed by atoms with van der Waals surface area (Å²) in [5.74, 6) is -0.0858. The first-order chi connectivity index (χ1) is 13.8. The first-order valence-electron chi connectivity index (χ1n) is 10.2. The molecule has 2 aromatic rings. The number of rotatable bonds is 3. The summed E-state index contributed by atoms with van der Waals surface area (Å²) in [7, 11) is 1.68. The molecule has 0 N–H and O–H groups in total. The number of carbonyl (C=O) groups is 2. The highest BCUT2D eigenvalue weighted by atomic mass is 16.2. The maximum atomic E-state index is 12.7. The molecule has 1 aromatic heterocycles. The van der Waals surface area contributed by atoms with E-state index < -0.39 is 0 Å². The molecule has 7 nitrogen and oxygen atoms in total. The lowest BCUT2D eigenvalue weighted by molar-refractivity contribution is -0.116. The molecule has 2 amide bonds. The van der Waals surface area contributed by atoms with Crippen LogP contribution in [0.15, 0.2) is 36.7 Å². The number of amides is 2. The first-order valence-corrected chi connectivity index (χ1v) is 10.2. The summed E-state index contributed by atoms with van der Waals surface area (Å²) >= 11 is 0. The quantitative estimate of drug-likeness (QED) is 0.802. The third-order valence-electron chi connectivity index (χ3n) is 6.39. The van der Waals surface area contributed by atoms with Gasteiger partial charge in [0.1, 0.15) is 0 Å². The van der Waals surface area contributed by atoms with Crippen LogP contribution in [0.4, 0.5) is 10.5 Å². The number of aryl methyl sites for hydroxylation is 1. The second kappa shape index (κ2) is 7.63. The molecule has 0 aliphatic carbocycles. The predicted molar refractivity (Wildman–Crippen MR) is 112 cm³/mol. The molecule has 0 saturated carbocycles. The zero-order valence-electron chi connectivity index (χ0n) is 17.5. The van der Waals surface area contributed by atoms with Gasteiger partial charge in [-0.1, -0.05) is 29.8 Å². The minimum absolute atomic E-state index is 0.0858. The fraction of sp³-hybridized carbons (Fsp3) is 0.500. The van der Waals surface area contributed by atoms with Gasteiger partial charge in [0.2, 0.25) is 5.91 Å². The molecule has 1 aromatic carbocycles. The number of nitrogens with zero attached hydrogens (tertiary/aromatic N) is 5. The maximum Gasteiger partial charge on any atom is 0.344 e. The van der Waals surface area contributed by atoms with Gasteiger partial charge in [-0.2, -0.15) is 9.78 Å². The zero-order chi connectivity index (χ0) is 20.6. The Morgan fingerprint density at radius 3 is 2.41 bits per heavy atom. The van der Waals surface area contributed by atoms with Gasteiger partial charge in [0.15, 0.2) is 0 Å². The van der Waals surface area contributed by atoms with Gasteiger partial charge < -0.3 is 9.80 Å². The molecule has 2 saturated heterocycles. The van der Waals surface area contributed by atoms with Crippen LogP contribution in [0.5, 0.6) is 0 Å². The van der Waals surface area contributed by atoms with Crippen molar-refractivity contribution in [3.05, 3.63) is 47.8 Å². The Morgan fingerprint density at radius 1 is 1.14 bits per heavy atom. The van der Waals surface area contributed by atoms with Gasteiger partial charge in [0, 0.05) is 39.0 Å². The van der Waals surface area contributed by atoms with Crippen LogP contribution in [0.2, 0.25) is 0 Å². The second-order valence-corrected chi connectivity index (χ2v) is 8.62. The van der Waals surface area contributed by atoms with Gasteiger partial charge in [0.05, 0.1) is 18.1 Å². The molecule has 29 heavy (non-hydrogen) atoms. The van der Waals surface area contributed by atoms with Gasteiger partial charge >= 0.3 is 6.03 Å². The Hall–Kier alpha value is -2.67. The van der Waals surface area contributed by atoms with E-state index in [0.717, 1.165) is 45.6 Å². The SMILES string of the molecule is CC(=O)N(C)c1cnn(C(=O)N2CC3(CCN(Cc4ccc(C)cc4)CC3)C2)c1. The van der Waals surface area contributed by atoms with E-state index in [9.17, 15) is 9.59 Å². The van der Waals surface area contributed by atoms with Gasteiger partial charge in [-0.3, -0.25) is 9.69 Å². The van der Waals surface area contributed by atoms with Crippen molar-refractivity contribution in [3.8, 4) is 0 Å². The lowest BCUT2D eigenvalue weighted by atomic mass is 9.72. The van der Waals surface area contributed by atoms with Crippen molar-refractivity contribution in [1.82, 2.24) is 19.6 Å². The van der Waals surface area contributed by atoms with Gasteiger partial charge in [-0.05, 0) is 38.4 Å². The smallest absolute Gasteiger partial charge is 0.322 e. The minimum Gasteiger partial charge on any atom is -0.322 e. The van der Waals surface area contributed by atoms with E-state index in [4.69, 9.17) is 0 Å². The summed E-state index contributed by atoms with van der Waals surface area (Å²) in [6, 6.07) is 8.66. The van der Waals surface area contributed by atoms with Gasteiger partial charge in [-0.25, -0.2) is 4.79 Å². The summed E-state index contributed by atoms with van der Waals surface area (Å²) in [5.41, 5.74) is 3.54. The van der Waals surface area contributed by atoms with E-state index in [1.54, 1.807) is 19.4 Å². The number of benzene rings is 1. The second-order valence-electron chi connectivity index (χ2n) is 8.62. The van der Waals surface area contributed by atoms with Gasteiger partial charge in [0.25, 0.3) is 0 Å². The first kappa shape index (κ1) is 19.6. The summed E-state index contributed by atoms with van der Waals surface area (Å²) in [6.45, 7) is 8.34. The third kappa shape index (κ3) is 4.05. The van der Waals surface area contributed by atoms with Crippen LogP contribution in [0, 0.1) is 12.3 Å². The van der Waals surface area contributed by atoms with Crippen LogP contribution in [0.1, 0.15) is 30.9 Å². The van der Waals surface area contributed by atoms with E-state index in [2.05, 4.69) is 41.2 Å². The van der Waals surface area contributed by atoms with Crippen molar-refractivity contribution in [2.75, 3.05) is 38.1 Å². The number of carbonyl (C=O) groups excluding carboxylic acids is 2. The molecule has 0 unspecified atom stereocenters. The van der Waals surface area contributed by atoms with E-state index in [1.165, 1.54) is 27.6 Å². The highest BCUT2D eigenvalue weighted by Crippen LogP contribution is 2.41. The van der Waals surface area contributed by atoms with E-state index >= 15 is 0 Å². The Labute approximate surface area is 171 Å². The van der Waals surface area contributed by atoms with Crippen molar-refractivity contribution in [3.63, 3.8) is 0 Å². The van der Waals surface area contributed by atoms with E-state index in [-0.39, 0.29) is 17.4 Å². The van der Waals surface area contributed by atoms with Crippen LogP contribution in [-0.2, 0) is 11.3 Å². The molecular weight excluding hydrogens is 366 g/mol. The van der Waals surface area contributed by atoms with Crippen molar-refractivity contribution in [1.29, 1.82) is 0 Å². The van der Waals surface area contributed by atoms with Crippen LogP contribution >= 0.6 is 0 Å². The Morgan fingerprint density at radius 2 is 1.79 bits per heavy atom. The Bertz CT molecular complexity index is 888. The number of likely N-dealkylation sites (tertiary alicyclic amines) is 2. The van der Waals surface area contributed by atoms with E-state index in [0.29, 0.717) is 5.69 Å². The summed E-state index contributed by atoms with van der Waals surface area (Å²) in [4.78, 5) is 30.0. The normalized spacial score (nSPS) is 18.5. The molecule has 0 bridgehead atoms. The van der Waals surface area contributed by atoms with E-state index in [1.807, 2.05) is 4.90 Å². The molecule has 4 rings (SSSR count). The number of hydrogen-bond donors (Lipinski definition) is 0. The maximum absolute atomic E-state index is 12.7. The summed E-state index contributed by atoms with van der Waals surface area (Å²) < 4.78 is 1.34. The molecular formula is C22H29N5O2. The third-order valence-corrected chi connectivity index (χ3v) is 6.39. The molecule has 2 aliphatic heterocycles. The van der Waals surface area contributed by atoms with Crippen LogP contribution < -0.4 is 4.90 Å². The molecule has 0 radical (unpaired) electrons. The van der Waals surface area contributed by atoms with Crippen molar-refractivity contribution >= 4 is 17.6 Å². The highest BCUT2D eigenvalue weighted by molar-refractivity contribution is 5.91. The predicted octanol–water partition coefficient (Wildman–Crippen LogP) is 2.74. The van der Waals surface area contributed by atoms with Crippen molar-refractivity contribution in [2.24, 2.45) is 5.41 Å². The fourth-order valence-corrected chi connectivity index (χ4v) is 4.27. The lowest BCUT2D eigenvalue weighted by Gasteiger charge is -2.53. The number of anilines is 1. The number of aromatic nitrogens is 2. The minimum atomic E-state index is -0.110. The Balaban J connectivity index is 1.28. The average molecular weight is 396 g/mol. The lowest BCUT2D eigenvalue weighted by Crippen LogP contribution is -2.62. The van der Waals surface area contributed by atoms with Crippen LogP contribution in [0.3, 0.4) is 0 Å². The molecule has 2 aliphatic rings. The molecule has 1 spiro atoms. The number of piperidine rings is 1. The molecule has 3 heterocycles. The highest BCUT2D eigenvalue weighted by Gasteiger charge is 2.47. The molecule has 154 valence electrons. The largest absolute Gasteiger partial charge is 0.344 e. The fourth-order valence-electron chi connectivity index (χ4n) is 4.27. The monoisotopic (exact) mass is 395 g/mol. The topological polar surface area (TPSA) is 61.7 Å². The van der Waals surface area contributed by atoms with Crippen LogP contribution in [0.25, 0.3) is 0 Å². The zero-order valence-corrected chi connectivity index (χ0v) is 17.5. The van der Waals surface area contributed by atoms with Crippen molar-refractivity contribution in [2.45, 2.75) is 33.2 Å². The molecule has 7 heteroatoms. The van der Waals surface area contributed by atoms with Crippen molar-refractivity contribution < 1.29 is 9.59 Å². The standard InChI is InChI=1S/C22H29N5O2/c1-17-4-6-19(7-5-17)13-25-10-8-22(9-11-25)15-26(16-22)21(29)27-14-20(12-23-27)24(3)18(2)28/h4-7,12,14H,8-11,13,15-16H2,1-3H3. The molecule has 0 atom stereocenters. The summed E-state index contributed by atoms with van der Waals surface area (Å²) in [6.07, 6.45) is 5.43. The Kier molecular flexibility index (Phi) is 5.17. The number of hydrogen-bond acceptors (Lipinski definition) is 4. The van der Waals surface area contributed by atoms with Crippen LogP contribution in [-0.4, -0.2) is 64.7 Å². The van der Waals surface area contributed by atoms with Gasteiger partial charge in [-0.15, -0.1) is 0 Å². The average Bonchev–Trinajstić information content (AvgIpc) is 3.17.